The van der Waals surface area contributed by atoms with E-state index in [2.05, 4.69) is 20.6 Å². The first kappa shape index (κ1) is 29.5. The van der Waals surface area contributed by atoms with Crippen molar-refractivity contribution in [1.29, 1.82) is 0 Å². The number of hydrogen-bond donors (Lipinski definition) is 9. The number of nitrogens with zero attached hydrogens (tertiary/aromatic N) is 1. The van der Waals surface area contributed by atoms with Gasteiger partial charge < -0.3 is 47.1 Å². The summed E-state index contributed by atoms with van der Waals surface area (Å²) in [4.78, 5) is 88.3. The minimum atomic E-state index is -1.81. The van der Waals surface area contributed by atoms with E-state index in [0.29, 0.717) is 5.69 Å². The average Bonchev–Trinajstić information content (AvgIpc) is 3.27. The summed E-state index contributed by atoms with van der Waals surface area (Å²) < 4.78 is 0. The minimum Gasteiger partial charge on any atom is -0.481 e. The molecule has 0 aliphatic rings. The third kappa shape index (κ3) is 10.6. The number of hydrogen-bond acceptors (Lipinski definition) is 9. The van der Waals surface area contributed by atoms with E-state index in [-0.39, 0.29) is 6.42 Å². The first-order valence-electron chi connectivity index (χ1n) is 10.3. The molecule has 4 atom stereocenters. The molecule has 0 aliphatic heterocycles. The first-order chi connectivity index (χ1) is 16.8. The molecule has 1 rings (SSSR count). The Labute approximate surface area is 202 Å². The quantitative estimate of drug-likeness (QED) is 0.104. The fraction of sp³-hybridized carbons (Fsp3) is 0.474. The number of aromatic nitrogens is 2. The molecule has 4 unspecified atom stereocenters. The van der Waals surface area contributed by atoms with Crippen LogP contribution < -0.4 is 21.7 Å². The first-order valence-corrected chi connectivity index (χ1v) is 10.3. The molecule has 1 aromatic rings. The van der Waals surface area contributed by atoms with E-state index in [0.717, 1.165) is 0 Å². The Morgan fingerprint density at radius 2 is 1.36 bits per heavy atom. The Balaban J connectivity index is 3.02. The van der Waals surface area contributed by atoms with E-state index >= 15 is 0 Å². The van der Waals surface area contributed by atoms with Gasteiger partial charge in [0.15, 0.2) is 0 Å². The third-order valence-corrected chi connectivity index (χ3v) is 4.62. The van der Waals surface area contributed by atoms with E-state index in [1.807, 2.05) is 5.32 Å². The lowest BCUT2D eigenvalue weighted by atomic mass is 10.1. The summed E-state index contributed by atoms with van der Waals surface area (Å²) in [5.41, 5.74) is 5.76. The largest absolute Gasteiger partial charge is 0.481 e. The fourth-order valence-electron chi connectivity index (χ4n) is 2.84. The van der Waals surface area contributed by atoms with Crippen LogP contribution in [-0.4, -0.2) is 96.2 Å². The van der Waals surface area contributed by atoms with Crippen molar-refractivity contribution in [2.24, 2.45) is 5.73 Å². The molecule has 17 heteroatoms. The summed E-state index contributed by atoms with van der Waals surface area (Å²) in [7, 11) is 0. The van der Waals surface area contributed by atoms with Gasteiger partial charge in [-0.25, -0.2) is 9.78 Å². The molecule has 10 N–H and O–H groups in total. The lowest BCUT2D eigenvalue weighted by molar-refractivity contribution is -0.144. The van der Waals surface area contributed by atoms with Crippen molar-refractivity contribution in [2.75, 3.05) is 0 Å². The molecule has 0 bridgehead atoms. The van der Waals surface area contributed by atoms with Gasteiger partial charge in [-0.05, 0) is 6.42 Å². The van der Waals surface area contributed by atoms with Crippen LogP contribution in [-0.2, 0) is 40.0 Å². The summed E-state index contributed by atoms with van der Waals surface area (Å²) in [6, 6.07) is -6.55. The van der Waals surface area contributed by atoms with Crippen LogP contribution in [0.4, 0.5) is 0 Å². The molecule has 0 spiro atoms. The van der Waals surface area contributed by atoms with Crippen molar-refractivity contribution in [2.45, 2.75) is 56.3 Å². The number of carbonyl (C=O) groups is 7. The number of amides is 3. The zero-order valence-corrected chi connectivity index (χ0v) is 18.7. The molecule has 3 amide bonds. The van der Waals surface area contributed by atoms with Gasteiger partial charge in [-0.3, -0.25) is 28.8 Å². The monoisotopic (exact) mass is 514 g/mol. The maximum Gasteiger partial charge on any atom is 0.326 e. The van der Waals surface area contributed by atoms with Crippen molar-refractivity contribution >= 4 is 41.6 Å². The highest BCUT2D eigenvalue weighted by atomic mass is 16.4. The predicted molar refractivity (Wildman–Crippen MR) is 115 cm³/mol. The zero-order valence-electron chi connectivity index (χ0n) is 18.7. The standard InChI is InChI=1S/C19H26N6O11/c20-9(4-14(28)29)16(32)24-11(5-15(30)31)18(34)23-10(1-2-13(26)27)17(33)25-12(19(35)36)3-8-6-21-7-22-8/h6-7,9-12H,1-5,20H2,(H,21,22)(H,23,34)(H,24,32)(H,25,33)(H,26,27)(H,28,29)(H,30,31)(H,35,36). The van der Waals surface area contributed by atoms with Gasteiger partial charge in [-0.2, -0.15) is 0 Å². The maximum atomic E-state index is 12.7. The second-order valence-electron chi connectivity index (χ2n) is 7.54. The van der Waals surface area contributed by atoms with Gasteiger partial charge in [0.2, 0.25) is 17.7 Å². The Bertz CT molecular complexity index is 981. The van der Waals surface area contributed by atoms with Crippen molar-refractivity contribution in [3.05, 3.63) is 18.2 Å². The molecule has 0 saturated heterocycles. The van der Waals surface area contributed by atoms with Crippen LogP contribution in [0.1, 0.15) is 31.4 Å². The molecular formula is C19H26N6O11. The number of nitrogens with one attached hydrogen (secondary N) is 4. The molecule has 0 saturated carbocycles. The van der Waals surface area contributed by atoms with Crippen molar-refractivity contribution in [3.8, 4) is 0 Å². The van der Waals surface area contributed by atoms with Crippen LogP contribution >= 0.6 is 0 Å². The second-order valence-corrected chi connectivity index (χ2v) is 7.54. The van der Waals surface area contributed by atoms with Crippen LogP contribution in [0.25, 0.3) is 0 Å². The lowest BCUT2D eigenvalue weighted by Gasteiger charge is -2.24. The van der Waals surface area contributed by atoms with Gasteiger partial charge in [0, 0.05) is 24.7 Å². The fourth-order valence-corrected chi connectivity index (χ4v) is 2.84. The molecule has 1 heterocycles. The Kier molecular flexibility index (Phi) is 11.5. The van der Waals surface area contributed by atoms with E-state index in [1.54, 1.807) is 0 Å². The normalized spacial score (nSPS) is 13.9. The predicted octanol–water partition coefficient (Wildman–Crippen LogP) is -3.37. The Morgan fingerprint density at radius 1 is 0.806 bits per heavy atom. The summed E-state index contributed by atoms with van der Waals surface area (Å²) >= 11 is 0. The van der Waals surface area contributed by atoms with Crippen LogP contribution in [0.3, 0.4) is 0 Å². The number of rotatable bonds is 16. The van der Waals surface area contributed by atoms with Gasteiger partial charge in [0.1, 0.15) is 18.1 Å². The number of nitrogens with two attached hydrogens (primary N) is 1. The number of aromatic amines is 1. The topological polar surface area (TPSA) is 291 Å². The highest BCUT2D eigenvalue weighted by molar-refractivity contribution is 5.96. The Hall–Kier alpha value is -4.54. The van der Waals surface area contributed by atoms with Crippen LogP contribution in [0.2, 0.25) is 0 Å². The van der Waals surface area contributed by atoms with Gasteiger partial charge in [0.05, 0.1) is 25.2 Å². The van der Waals surface area contributed by atoms with Crippen molar-refractivity contribution in [3.63, 3.8) is 0 Å². The minimum absolute atomic E-state index is 0.222. The Morgan fingerprint density at radius 3 is 1.86 bits per heavy atom. The van der Waals surface area contributed by atoms with E-state index in [4.69, 9.17) is 21.1 Å². The average molecular weight is 514 g/mol. The number of carboxylic acid groups (broad SMARTS) is 4. The van der Waals surface area contributed by atoms with Crippen LogP contribution in [0.15, 0.2) is 12.5 Å². The van der Waals surface area contributed by atoms with Crippen molar-refractivity contribution < 1.29 is 54.0 Å². The molecule has 17 nitrogen and oxygen atoms in total. The lowest BCUT2D eigenvalue weighted by Crippen LogP contribution is -2.57. The van der Waals surface area contributed by atoms with E-state index in [1.165, 1.54) is 12.5 Å². The van der Waals surface area contributed by atoms with Crippen LogP contribution in [0.5, 0.6) is 0 Å². The molecule has 36 heavy (non-hydrogen) atoms. The van der Waals surface area contributed by atoms with Gasteiger partial charge >= 0.3 is 23.9 Å². The maximum absolute atomic E-state index is 12.7. The number of carbonyl (C=O) groups excluding carboxylic acids is 3. The number of aliphatic carboxylic acids is 4. The molecule has 0 fully saturated rings. The highest BCUT2D eigenvalue weighted by Gasteiger charge is 2.32. The molecule has 0 aliphatic carbocycles. The van der Waals surface area contributed by atoms with E-state index in [9.17, 15) is 38.7 Å². The molecule has 0 radical (unpaired) electrons. The number of imidazole rings is 1. The summed E-state index contributed by atoms with van der Waals surface area (Å²) in [5.74, 6) is -9.21. The van der Waals surface area contributed by atoms with E-state index < -0.39 is 91.4 Å². The number of H-pyrrole nitrogens is 1. The highest BCUT2D eigenvalue weighted by Crippen LogP contribution is 2.05. The summed E-state index contributed by atoms with van der Waals surface area (Å²) in [5, 5.41) is 42.4. The molecule has 1 aromatic heterocycles. The van der Waals surface area contributed by atoms with Gasteiger partial charge in [-0.15, -0.1) is 0 Å². The number of carboxylic acids is 4. The van der Waals surface area contributed by atoms with Crippen molar-refractivity contribution in [1.82, 2.24) is 25.9 Å². The smallest absolute Gasteiger partial charge is 0.326 e. The SMILES string of the molecule is NC(CC(=O)O)C(=O)NC(CC(=O)O)C(=O)NC(CCC(=O)O)C(=O)NC(Cc1cnc[nH]1)C(=O)O. The summed E-state index contributed by atoms with van der Waals surface area (Å²) in [6.45, 7) is 0. The molecule has 0 aromatic carbocycles. The summed E-state index contributed by atoms with van der Waals surface area (Å²) in [6.07, 6.45) is -0.553. The second kappa shape index (κ2) is 14.0. The molecule has 198 valence electrons. The van der Waals surface area contributed by atoms with Gasteiger partial charge in [0.25, 0.3) is 0 Å². The van der Waals surface area contributed by atoms with Gasteiger partial charge in [-0.1, -0.05) is 0 Å². The van der Waals surface area contributed by atoms with Crippen LogP contribution in [0, 0.1) is 0 Å². The zero-order chi connectivity index (χ0) is 27.4. The third-order valence-electron chi connectivity index (χ3n) is 4.62. The molecular weight excluding hydrogens is 488 g/mol.